The topological polar surface area (TPSA) is 81.8 Å². The second kappa shape index (κ2) is 46.0. The predicted molar refractivity (Wildman–Crippen MR) is 75.2 cm³/mol. The molecule has 0 aliphatic heterocycles. The minimum atomic E-state index is 0.750. The molecule has 1 rings (SSSR count). The lowest BCUT2D eigenvalue weighted by Gasteiger charge is -1.69. The summed E-state index contributed by atoms with van der Waals surface area (Å²) in [4.78, 5) is 16.7. The van der Waals surface area contributed by atoms with Gasteiger partial charge >= 0.3 is 0 Å². The maximum atomic E-state index is 8.35. The monoisotopic (exact) mass is 252 g/mol. The highest BCUT2D eigenvalue weighted by Crippen LogP contribution is 1.79. The zero-order valence-electron chi connectivity index (χ0n) is 11.7. The largest absolute Gasteiger partial charge is 0.231 e. The van der Waals surface area contributed by atoms with Gasteiger partial charge in [0.25, 0.3) is 0 Å². The summed E-state index contributed by atoms with van der Waals surface area (Å²) in [5, 5.41) is 10.8. The van der Waals surface area contributed by atoms with Crippen LogP contribution in [0.25, 0.3) is 0 Å². The Labute approximate surface area is 110 Å². The molecule has 4 nitrogen and oxygen atoms in total. The first kappa shape index (κ1) is 25.0. The molecule has 0 fully saturated rings. The molecule has 0 aliphatic rings. The Kier molecular flexibility index (Phi) is 63.8. The number of carbonyl (C=O) groups excluding carboxylic acids is 2. The van der Waals surface area contributed by atoms with Gasteiger partial charge in [-0.3, -0.25) is 0 Å². The molecule has 18 heavy (non-hydrogen) atoms. The van der Waals surface area contributed by atoms with E-state index in [0.717, 1.165) is 12.2 Å². The van der Waals surface area contributed by atoms with Crippen molar-refractivity contribution in [2.75, 3.05) is 0 Å². The van der Waals surface area contributed by atoms with Crippen molar-refractivity contribution in [3.8, 4) is 0 Å². The first-order chi connectivity index (χ1) is 8.66. The van der Waals surface area contributed by atoms with E-state index in [0.29, 0.717) is 0 Å². The van der Waals surface area contributed by atoms with E-state index in [2.05, 4.69) is 27.7 Å². The van der Waals surface area contributed by atoms with Crippen molar-refractivity contribution in [1.82, 2.24) is 0 Å². The molecule has 1 aromatic rings. The van der Waals surface area contributed by atoms with Crippen LogP contribution in [0.5, 0.6) is 0 Å². The first-order valence-electron chi connectivity index (χ1n) is 5.74. The third-order valence-electron chi connectivity index (χ3n) is 0.667. The molecule has 0 radical (unpaired) electrons. The van der Waals surface area contributed by atoms with Crippen molar-refractivity contribution in [1.29, 1.82) is 10.8 Å². The van der Waals surface area contributed by atoms with E-state index in [1.807, 2.05) is 36.4 Å². The van der Waals surface area contributed by atoms with Crippen molar-refractivity contribution >= 4 is 12.2 Å². The van der Waals surface area contributed by atoms with Crippen LogP contribution >= 0.6 is 0 Å². The summed E-state index contributed by atoms with van der Waals surface area (Å²) in [6.07, 6.45) is 4.00. The van der Waals surface area contributed by atoms with Crippen LogP contribution < -0.4 is 0 Å². The lowest BCUT2D eigenvalue weighted by Crippen LogP contribution is -1.47. The number of hydrogen-bond donors (Lipinski definition) is 2. The Hall–Kier alpha value is -2.02. The summed E-state index contributed by atoms with van der Waals surface area (Å²) < 4.78 is 0. The second-order valence-corrected chi connectivity index (χ2v) is 2.77. The standard InChI is InChI=1S/C6H6.2C3H8.2CHNO/c1-2-4-6-5-3-1;2*1-3-2;2*2-1-3/h1-6H;2*3H2,1-2H3;2*2H. The molecule has 102 valence electrons. The van der Waals surface area contributed by atoms with E-state index in [-0.39, 0.29) is 0 Å². The van der Waals surface area contributed by atoms with Gasteiger partial charge in [0, 0.05) is 0 Å². The molecule has 0 atom stereocenters. The van der Waals surface area contributed by atoms with Crippen LogP contribution in [-0.4, -0.2) is 12.2 Å². The third-order valence-corrected chi connectivity index (χ3v) is 0.667. The van der Waals surface area contributed by atoms with Gasteiger partial charge in [-0.1, -0.05) is 76.9 Å². The molecule has 2 N–H and O–H groups in total. The van der Waals surface area contributed by atoms with Gasteiger partial charge < -0.3 is 0 Å². The van der Waals surface area contributed by atoms with Gasteiger partial charge in [0.15, 0.2) is 0 Å². The van der Waals surface area contributed by atoms with Crippen molar-refractivity contribution in [3.05, 3.63) is 36.4 Å². The predicted octanol–water partition coefficient (Wildman–Crippen LogP) is 4.32. The van der Waals surface area contributed by atoms with E-state index in [4.69, 9.17) is 20.4 Å². The van der Waals surface area contributed by atoms with Crippen molar-refractivity contribution in [2.45, 2.75) is 40.5 Å². The number of hydrogen-bond acceptors (Lipinski definition) is 4. The molecule has 0 amide bonds. The molecular weight excluding hydrogens is 228 g/mol. The Bertz CT molecular complexity index is 222. The SMILES string of the molecule is CCC.CCC.N=C=O.N=C=O.c1ccccc1. The fraction of sp³-hybridized carbons (Fsp3) is 0.429. The van der Waals surface area contributed by atoms with E-state index in [9.17, 15) is 0 Å². The van der Waals surface area contributed by atoms with E-state index >= 15 is 0 Å². The molecule has 1 aromatic carbocycles. The van der Waals surface area contributed by atoms with Crippen LogP contribution in [0.4, 0.5) is 0 Å². The second-order valence-electron chi connectivity index (χ2n) is 2.77. The smallest absolute Gasteiger partial charge is 0.222 e. The van der Waals surface area contributed by atoms with Gasteiger partial charge in [0.2, 0.25) is 12.2 Å². The normalized spacial score (nSPS) is 5.56. The molecule has 0 bridgehead atoms. The summed E-state index contributed by atoms with van der Waals surface area (Å²) >= 11 is 0. The van der Waals surface area contributed by atoms with Gasteiger partial charge in [-0.05, 0) is 0 Å². The number of benzene rings is 1. The zero-order chi connectivity index (χ0) is 15.1. The Morgan fingerprint density at radius 1 is 0.667 bits per heavy atom. The van der Waals surface area contributed by atoms with E-state index < -0.39 is 0 Å². The number of nitrogens with one attached hydrogen (secondary N) is 2. The summed E-state index contributed by atoms with van der Waals surface area (Å²) in [6, 6.07) is 12.0. The zero-order valence-corrected chi connectivity index (χ0v) is 11.7. The van der Waals surface area contributed by atoms with E-state index in [1.54, 1.807) is 0 Å². The van der Waals surface area contributed by atoms with Crippen LogP contribution in [-0.2, 0) is 9.59 Å². The fourth-order valence-corrected chi connectivity index (χ4v) is 0.385. The van der Waals surface area contributed by atoms with Gasteiger partial charge in [-0.2, -0.15) is 0 Å². The third kappa shape index (κ3) is 149. The van der Waals surface area contributed by atoms with Gasteiger partial charge in [-0.15, -0.1) is 0 Å². The van der Waals surface area contributed by atoms with Gasteiger partial charge in [0.1, 0.15) is 0 Å². The van der Waals surface area contributed by atoms with Gasteiger partial charge in [-0.25, -0.2) is 20.4 Å². The molecule has 4 heteroatoms. The van der Waals surface area contributed by atoms with Crippen molar-refractivity contribution in [3.63, 3.8) is 0 Å². The van der Waals surface area contributed by atoms with E-state index in [1.165, 1.54) is 12.8 Å². The molecular formula is C14H24N2O2. The van der Waals surface area contributed by atoms with Crippen LogP contribution in [0.2, 0.25) is 0 Å². The van der Waals surface area contributed by atoms with Crippen LogP contribution in [0, 0.1) is 10.8 Å². The first-order valence-corrected chi connectivity index (χ1v) is 5.74. The summed E-state index contributed by atoms with van der Waals surface area (Å²) in [5.74, 6) is 0. The Balaban J connectivity index is -0.0000000723. The minimum Gasteiger partial charge on any atom is -0.222 e. The summed E-state index contributed by atoms with van der Waals surface area (Å²) in [5.41, 5.74) is 0. The lowest BCUT2D eigenvalue weighted by molar-refractivity contribution is 0.562. The fourth-order valence-electron chi connectivity index (χ4n) is 0.385. The molecule has 0 spiro atoms. The van der Waals surface area contributed by atoms with Crippen molar-refractivity contribution < 1.29 is 9.59 Å². The molecule has 0 aromatic heterocycles. The molecule has 0 aliphatic carbocycles. The maximum absolute atomic E-state index is 8.35. The highest BCUT2D eigenvalue weighted by Gasteiger charge is 1.57. The number of rotatable bonds is 0. The average molecular weight is 252 g/mol. The van der Waals surface area contributed by atoms with Crippen LogP contribution in [0.3, 0.4) is 0 Å². The molecule has 0 heterocycles. The quantitative estimate of drug-likeness (QED) is 0.532. The number of isocyanates is 2. The molecule has 0 saturated heterocycles. The van der Waals surface area contributed by atoms with Gasteiger partial charge in [0.05, 0.1) is 0 Å². The highest BCUT2D eigenvalue weighted by molar-refractivity contribution is 5.26. The highest BCUT2D eigenvalue weighted by atomic mass is 16.1. The maximum Gasteiger partial charge on any atom is 0.231 e. The summed E-state index contributed by atoms with van der Waals surface area (Å²) in [6.45, 7) is 8.50. The lowest BCUT2D eigenvalue weighted by atomic mass is 10.4. The van der Waals surface area contributed by atoms with Crippen molar-refractivity contribution in [2.24, 2.45) is 0 Å². The van der Waals surface area contributed by atoms with Crippen LogP contribution in [0.15, 0.2) is 36.4 Å². The molecule has 0 saturated carbocycles. The minimum absolute atomic E-state index is 0.750. The Morgan fingerprint density at radius 3 is 0.778 bits per heavy atom. The Morgan fingerprint density at radius 2 is 0.722 bits per heavy atom. The van der Waals surface area contributed by atoms with Crippen LogP contribution in [0.1, 0.15) is 40.5 Å². The summed E-state index contributed by atoms with van der Waals surface area (Å²) in [7, 11) is 0. The molecule has 0 unspecified atom stereocenters. The average Bonchev–Trinajstić information content (AvgIpc) is 2.35.